The van der Waals surface area contributed by atoms with E-state index in [-0.39, 0.29) is 16.2 Å². The van der Waals surface area contributed by atoms with E-state index in [1.165, 1.54) is 102 Å². The predicted molar refractivity (Wildman–Crippen MR) is 248 cm³/mol. The second-order valence-corrected chi connectivity index (χ2v) is 18.4. The lowest BCUT2D eigenvalue weighted by molar-refractivity contribution is 0.332. The highest BCUT2D eigenvalue weighted by atomic mass is 15.1. The molecule has 8 aromatic carbocycles. The monoisotopic (exact) mass is 749 g/mol. The molecular formula is C57H51N. The zero-order chi connectivity index (χ0) is 39.8. The largest absolute Gasteiger partial charge is 0.309 e. The summed E-state index contributed by atoms with van der Waals surface area (Å²) in [5.74, 6) is 0. The first-order chi connectivity index (χ1) is 28.0. The van der Waals surface area contributed by atoms with Crippen molar-refractivity contribution in [1.82, 2.24) is 0 Å². The number of fused-ring (bicyclic) bond motifs is 5. The minimum absolute atomic E-state index is 0.0940. The van der Waals surface area contributed by atoms with Gasteiger partial charge in [-0.05, 0) is 121 Å². The maximum Gasteiger partial charge on any atom is 0.0543 e. The summed E-state index contributed by atoms with van der Waals surface area (Å²) in [6.45, 7) is 14.5. The normalized spacial score (nSPS) is 15.7. The van der Waals surface area contributed by atoms with Gasteiger partial charge >= 0.3 is 0 Å². The first kappa shape index (κ1) is 36.2. The van der Waals surface area contributed by atoms with E-state index >= 15 is 0 Å². The van der Waals surface area contributed by atoms with Crippen molar-refractivity contribution in [3.8, 4) is 44.5 Å². The lowest BCUT2D eigenvalue weighted by Gasteiger charge is -2.42. The Morgan fingerprint density at radius 2 is 0.931 bits per heavy atom. The highest BCUT2D eigenvalue weighted by Gasteiger charge is 2.39. The van der Waals surface area contributed by atoms with E-state index in [1.807, 2.05) is 0 Å². The Bertz CT molecular complexity index is 2830. The topological polar surface area (TPSA) is 3.24 Å². The summed E-state index contributed by atoms with van der Waals surface area (Å²) in [6.07, 6.45) is 2.38. The van der Waals surface area contributed by atoms with Gasteiger partial charge in [0.2, 0.25) is 0 Å². The molecule has 1 nitrogen and oxygen atoms in total. The average Bonchev–Trinajstić information content (AvgIpc) is 3.48. The molecule has 0 fully saturated rings. The summed E-state index contributed by atoms with van der Waals surface area (Å²) in [5, 5.41) is 2.46. The molecule has 1 heteroatoms. The van der Waals surface area contributed by atoms with Crippen LogP contribution in [0.5, 0.6) is 0 Å². The molecule has 284 valence electrons. The summed E-state index contributed by atoms with van der Waals surface area (Å²) in [6, 6.07) is 65.8. The molecule has 0 amide bonds. The molecule has 0 aliphatic heterocycles. The fraction of sp³-hybridized carbons (Fsp3) is 0.193. The SMILES string of the molecule is CC1(C)CCC(C)(C)c2cc(-c3cc4c(cc3N(c3ccc(-c5ccc(-c6ccccc6)cc5)cc3)c3cccc5ccccc35)C(C)(C)c3ccccc3-4)ccc21. The quantitative estimate of drug-likeness (QED) is 0.164. The van der Waals surface area contributed by atoms with Gasteiger partial charge in [0.25, 0.3) is 0 Å². The van der Waals surface area contributed by atoms with Crippen LogP contribution in [-0.2, 0) is 16.2 Å². The molecule has 0 heterocycles. The Balaban J connectivity index is 1.20. The second kappa shape index (κ2) is 13.5. The van der Waals surface area contributed by atoms with Gasteiger partial charge in [0, 0.05) is 22.1 Å². The van der Waals surface area contributed by atoms with E-state index in [2.05, 4.69) is 222 Å². The highest BCUT2D eigenvalue weighted by Crippen LogP contribution is 2.55. The van der Waals surface area contributed by atoms with Gasteiger partial charge in [-0.2, -0.15) is 0 Å². The van der Waals surface area contributed by atoms with Crippen molar-refractivity contribution in [3.05, 3.63) is 198 Å². The summed E-state index contributed by atoms with van der Waals surface area (Å²) in [5.41, 5.74) is 19.4. The molecule has 2 aliphatic carbocycles. The minimum Gasteiger partial charge on any atom is -0.309 e. The lowest BCUT2D eigenvalue weighted by Crippen LogP contribution is -2.33. The predicted octanol–water partition coefficient (Wildman–Crippen LogP) is 16.0. The van der Waals surface area contributed by atoms with Crippen LogP contribution in [0.4, 0.5) is 17.1 Å². The fourth-order valence-electron chi connectivity index (χ4n) is 10.0. The van der Waals surface area contributed by atoms with Crippen molar-refractivity contribution < 1.29 is 0 Å². The van der Waals surface area contributed by atoms with Crippen LogP contribution in [0.2, 0.25) is 0 Å². The first-order valence-electron chi connectivity index (χ1n) is 21.0. The Labute approximate surface area is 344 Å². The zero-order valence-corrected chi connectivity index (χ0v) is 34.6. The van der Waals surface area contributed by atoms with E-state index < -0.39 is 0 Å². The molecule has 0 unspecified atom stereocenters. The molecule has 0 radical (unpaired) electrons. The van der Waals surface area contributed by atoms with Crippen LogP contribution in [0, 0.1) is 0 Å². The van der Waals surface area contributed by atoms with Crippen LogP contribution in [0.15, 0.2) is 176 Å². The van der Waals surface area contributed by atoms with Gasteiger partial charge in [-0.15, -0.1) is 0 Å². The van der Waals surface area contributed by atoms with Crippen molar-refractivity contribution >= 4 is 27.8 Å². The summed E-state index contributed by atoms with van der Waals surface area (Å²) in [4.78, 5) is 2.54. The van der Waals surface area contributed by atoms with Crippen LogP contribution in [0.3, 0.4) is 0 Å². The van der Waals surface area contributed by atoms with E-state index in [1.54, 1.807) is 0 Å². The maximum absolute atomic E-state index is 2.54. The Morgan fingerprint density at radius 1 is 0.362 bits per heavy atom. The number of rotatable bonds is 6. The van der Waals surface area contributed by atoms with Crippen LogP contribution in [0.25, 0.3) is 55.3 Å². The Kier molecular flexibility index (Phi) is 8.39. The lowest BCUT2D eigenvalue weighted by atomic mass is 9.63. The van der Waals surface area contributed by atoms with Gasteiger partial charge in [0.05, 0.1) is 11.4 Å². The van der Waals surface area contributed by atoms with Crippen LogP contribution >= 0.6 is 0 Å². The average molecular weight is 750 g/mol. The molecular weight excluding hydrogens is 699 g/mol. The van der Waals surface area contributed by atoms with Crippen molar-refractivity contribution in [2.45, 2.75) is 70.6 Å². The number of benzene rings is 8. The molecule has 0 bridgehead atoms. The van der Waals surface area contributed by atoms with E-state index in [0.717, 1.165) is 5.69 Å². The van der Waals surface area contributed by atoms with Gasteiger partial charge in [0.1, 0.15) is 0 Å². The number of anilines is 3. The molecule has 2 aliphatic rings. The molecule has 0 N–H and O–H groups in total. The minimum atomic E-state index is -0.152. The first-order valence-corrected chi connectivity index (χ1v) is 21.0. The van der Waals surface area contributed by atoms with Gasteiger partial charge in [-0.25, -0.2) is 0 Å². The fourth-order valence-corrected chi connectivity index (χ4v) is 10.0. The van der Waals surface area contributed by atoms with Gasteiger partial charge < -0.3 is 4.90 Å². The van der Waals surface area contributed by atoms with Gasteiger partial charge in [-0.1, -0.05) is 187 Å². The molecule has 0 atom stereocenters. The molecule has 0 saturated carbocycles. The second-order valence-electron chi connectivity index (χ2n) is 18.4. The van der Waals surface area contributed by atoms with Crippen LogP contribution in [-0.4, -0.2) is 0 Å². The van der Waals surface area contributed by atoms with E-state index in [0.29, 0.717) is 0 Å². The van der Waals surface area contributed by atoms with Crippen molar-refractivity contribution in [2.24, 2.45) is 0 Å². The van der Waals surface area contributed by atoms with Crippen molar-refractivity contribution in [1.29, 1.82) is 0 Å². The number of nitrogens with zero attached hydrogens (tertiary/aromatic N) is 1. The standard InChI is InChI=1S/C57H51N/c1-55(2)33-34-56(3,4)52-35-43(29-32-50(52)55)47-36-48-46-20-12-13-21-49(46)57(5,6)51(48)37-54(47)58(53-22-14-18-42-17-10-11-19-45(42)53)44-30-27-41(28-31-44)40-25-23-39(24-26-40)38-15-8-7-9-16-38/h7-32,35-37H,33-34H2,1-6H3. The smallest absolute Gasteiger partial charge is 0.0543 e. The van der Waals surface area contributed by atoms with E-state index in [4.69, 9.17) is 0 Å². The molecule has 0 saturated heterocycles. The highest BCUT2D eigenvalue weighted by molar-refractivity contribution is 6.02. The maximum atomic E-state index is 2.54. The molecule has 0 aromatic heterocycles. The third-order valence-corrected chi connectivity index (χ3v) is 13.6. The summed E-state index contributed by atoms with van der Waals surface area (Å²) >= 11 is 0. The number of hydrogen-bond donors (Lipinski definition) is 0. The summed E-state index contributed by atoms with van der Waals surface area (Å²) in [7, 11) is 0. The third-order valence-electron chi connectivity index (χ3n) is 13.6. The molecule has 10 rings (SSSR count). The Hall–Kier alpha value is -6.18. The third kappa shape index (κ3) is 5.90. The van der Waals surface area contributed by atoms with Crippen LogP contribution < -0.4 is 4.90 Å². The van der Waals surface area contributed by atoms with Gasteiger partial charge in [0.15, 0.2) is 0 Å². The molecule has 58 heavy (non-hydrogen) atoms. The Morgan fingerprint density at radius 3 is 1.66 bits per heavy atom. The molecule has 0 spiro atoms. The van der Waals surface area contributed by atoms with Crippen molar-refractivity contribution in [2.75, 3.05) is 4.90 Å². The van der Waals surface area contributed by atoms with Gasteiger partial charge in [-0.3, -0.25) is 0 Å². The number of hydrogen-bond acceptors (Lipinski definition) is 1. The van der Waals surface area contributed by atoms with E-state index in [9.17, 15) is 0 Å². The summed E-state index contributed by atoms with van der Waals surface area (Å²) < 4.78 is 0. The van der Waals surface area contributed by atoms with Crippen molar-refractivity contribution in [3.63, 3.8) is 0 Å². The molecule has 8 aromatic rings. The van der Waals surface area contributed by atoms with Crippen LogP contribution in [0.1, 0.15) is 76.6 Å². The zero-order valence-electron chi connectivity index (χ0n) is 34.6.